The number of hydrogen-bond donors (Lipinski definition) is 2. The maximum absolute atomic E-state index is 12.3. The van der Waals surface area contributed by atoms with E-state index in [9.17, 15) is 19.5 Å². The molecule has 1 saturated carbocycles. The Balaban J connectivity index is 1.57. The number of carboxylic acid groups (broad SMARTS) is 1. The lowest BCUT2D eigenvalue weighted by Gasteiger charge is -2.23. The second-order valence-electron chi connectivity index (χ2n) is 6.51. The van der Waals surface area contributed by atoms with E-state index in [4.69, 9.17) is 0 Å². The van der Waals surface area contributed by atoms with Gasteiger partial charge in [0.15, 0.2) is 0 Å². The number of aliphatic carboxylic acids is 1. The highest BCUT2D eigenvalue weighted by Crippen LogP contribution is 2.48. The minimum Gasteiger partial charge on any atom is -0.481 e. The summed E-state index contributed by atoms with van der Waals surface area (Å²) < 4.78 is 0.873. The maximum atomic E-state index is 12.3. The van der Waals surface area contributed by atoms with Crippen LogP contribution >= 0.6 is 15.9 Å². The van der Waals surface area contributed by atoms with E-state index in [1.807, 2.05) is 0 Å². The Labute approximate surface area is 148 Å². The zero-order valence-corrected chi connectivity index (χ0v) is 14.7. The van der Waals surface area contributed by atoms with Crippen molar-refractivity contribution >= 4 is 33.7 Å². The minimum atomic E-state index is -0.806. The molecule has 7 heteroatoms. The predicted molar refractivity (Wildman–Crippen MR) is 90.5 cm³/mol. The van der Waals surface area contributed by atoms with Gasteiger partial charge in [-0.1, -0.05) is 22.4 Å². The van der Waals surface area contributed by atoms with Gasteiger partial charge in [-0.15, -0.1) is 0 Å². The van der Waals surface area contributed by atoms with Crippen LogP contribution in [0, 0.1) is 11.3 Å². The van der Waals surface area contributed by atoms with E-state index >= 15 is 0 Å². The van der Waals surface area contributed by atoms with Crippen molar-refractivity contribution < 1.29 is 19.5 Å². The Bertz CT molecular complexity index is 676. The first-order valence-corrected chi connectivity index (χ1v) is 8.76. The summed E-state index contributed by atoms with van der Waals surface area (Å²) in [6, 6.07) is 6.86. The summed E-state index contributed by atoms with van der Waals surface area (Å²) in [5.74, 6) is -1.32. The van der Waals surface area contributed by atoms with Crippen LogP contribution in [0.15, 0.2) is 28.7 Å². The largest absolute Gasteiger partial charge is 0.481 e. The number of carbonyl (C=O) groups is 3. The highest BCUT2D eigenvalue weighted by Gasteiger charge is 2.55. The number of likely N-dealkylation sites (tertiary alicyclic amines) is 1. The number of halogens is 1. The molecule has 1 aromatic carbocycles. The predicted octanol–water partition coefficient (Wildman–Crippen LogP) is 1.89. The van der Waals surface area contributed by atoms with E-state index < -0.39 is 11.4 Å². The van der Waals surface area contributed by atoms with Crippen LogP contribution in [0.25, 0.3) is 0 Å². The SMILES string of the molecule is O=C(NCC(=O)N1C[C@@H]2CCC[C@@]2(C(=O)O)C1)c1ccc(Br)cc1. The van der Waals surface area contributed by atoms with Crippen molar-refractivity contribution in [1.29, 1.82) is 0 Å². The number of rotatable bonds is 4. The molecule has 2 amide bonds. The highest BCUT2D eigenvalue weighted by molar-refractivity contribution is 9.10. The Morgan fingerprint density at radius 3 is 2.62 bits per heavy atom. The van der Waals surface area contributed by atoms with E-state index in [2.05, 4.69) is 21.2 Å². The lowest BCUT2D eigenvalue weighted by Crippen LogP contribution is -2.41. The minimum absolute atomic E-state index is 0.0288. The molecule has 3 rings (SSSR count). The smallest absolute Gasteiger partial charge is 0.311 e. The molecule has 1 aromatic rings. The average Bonchev–Trinajstić information content (AvgIpc) is 3.11. The van der Waals surface area contributed by atoms with Crippen molar-refractivity contribution in [1.82, 2.24) is 10.2 Å². The molecule has 2 N–H and O–H groups in total. The van der Waals surface area contributed by atoms with E-state index in [-0.39, 0.29) is 30.8 Å². The molecule has 2 aliphatic rings. The van der Waals surface area contributed by atoms with Crippen LogP contribution in [0.4, 0.5) is 0 Å². The van der Waals surface area contributed by atoms with E-state index in [1.165, 1.54) is 0 Å². The summed E-state index contributed by atoms with van der Waals surface area (Å²) in [4.78, 5) is 37.6. The van der Waals surface area contributed by atoms with Crippen LogP contribution < -0.4 is 5.32 Å². The normalized spacial score (nSPS) is 25.4. The van der Waals surface area contributed by atoms with Gasteiger partial charge in [0, 0.05) is 23.1 Å². The van der Waals surface area contributed by atoms with Crippen LogP contribution in [0.3, 0.4) is 0 Å². The zero-order valence-electron chi connectivity index (χ0n) is 13.1. The first-order chi connectivity index (χ1) is 11.4. The molecule has 128 valence electrons. The molecule has 1 aliphatic carbocycles. The van der Waals surface area contributed by atoms with Gasteiger partial charge in [0.25, 0.3) is 5.91 Å². The summed E-state index contributed by atoms with van der Waals surface area (Å²) in [5, 5.41) is 12.2. The molecule has 1 aliphatic heterocycles. The van der Waals surface area contributed by atoms with Crippen molar-refractivity contribution in [2.75, 3.05) is 19.6 Å². The van der Waals surface area contributed by atoms with Crippen molar-refractivity contribution in [2.24, 2.45) is 11.3 Å². The van der Waals surface area contributed by atoms with E-state index in [1.54, 1.807) is 29.2 Å². The number of benzene rings is 1. The fraction of sp³-hybridized carbons (Fsp3) is 0.471. The molecule has 6 nitrogen and oxygen atoms in total. The molecular formula is C17H19BrN2O4. The highest BCUT2D eigenvalue weighted by atomic mass is 79.9. The Hall–Kier alpha value is -1.89. The summed E-state index contributed by atoms with van der Waals surface area (Å²) in [5.41, 5.74) is -0.308. The molecule has 0 spiro atoms. The van der Waals surface area contributed by atoms with Crippen LogP contribution in [-0.4, -0.2) is 47.4 Å². The van der Waals surface area contributed by atoms with Gasteiger partial charge in [-0.05, 0) is 43.0 Å². The topological polar surface area (TPSA) is 86.7 Å². The number of fused-ring (bicyclic) bond motifs is 1. The van der Waals surface area contributed by atoms with E-state index in [0.717, 1.165) is 17.3 Å². The molecule has 2 atom stereocenters. The van der Waals surface area contributed by atoms with Crippen LogP contribution in [0.1, 0.15) is 29.6 Å². The molecule has 0 unspecified atom stereocenters. The van der Waals surface area contributed by atoms with Crippen molar-refractivity contribution in [3.63, 3.8) is 0 Å². The third-order valence-corrected chi connectivity index (χ3v) is 5.68. The van der Waals surface area contributed by atoms with Gasteiger partial charge in [-0.3, -0.25) is 14.4 Å². The first kappa shape index (κ1) is 17.0. The molecule has 0 radical (unpaired) electrons. The van der Waals surface area contributed by atoms with Crippen molar-refractivity contribution in [2.45, 2.75) is 19.3 Å². The lowest BCUT2D eigenvalue weighted by atomic mass is 9.81. The molecule has 0 aromatic heterocycles. The number of nitrogens with one attached hydrogen (secondary N) is 1. The monoisotopic (exact) mass is 394 g/mol. The third kappa shape index (κ3) is 3.05. The molecule has 24 heavy (non-hydrogen) atoms. The molecule has 1 saturated heterocycles. The van der Waals surface area contributed by atoms with E-state index in [0.29, 0.717) is 18.5 Å². The first-order valence-electron chi connectivity index (χ1n) is 7.97. The zero-order chi connectivity index (χ0) is 17.3. The molecule has 1 heterocycles. The number of carboxylic acids is 1. The summed E-state index contributed by atoms with van der Waals surface area (Å²) in [6.07, 6.45) is 2.38. The second kappa shape index (κ2) is 6.55. The lowest BCUT2D eigenvalue weighted by molar-refractivity contribution is -0.149. The van der Waals surface area contributed by atoms with Gasteiger partial charge in [-0.25, -0.2) is 0 Å². The van der Waals surface area contributed by atoms with Gasteiger partial charge in [0.2, 0.25) is 5.91 Å². The van der Waals surface area contributed by atoms with Crippen LogP contribution in [0.5, 0.6) is 0 Å². The number of hydrogen-bond acceptors (Lipinski definition) is 3. The van der Waals surface area contributed by atoms with Gasteiger partial charge in [0.1, 0.15) is 0 Å². The summed E-state index contributed by atoms with van der Waals surface area (Å²) in [6.45, 7) is 0.608. The van der Waals surface area contributed by atoms with Crippen molar-refractivity contribution in [3.05, 3.63) is 34.3 Å². The summed E-state index contributed by atoms with van der Waals surface area (Å²) in [7, 11) is 0. The van der Waals surface area contributed by atoms with Gasteiger partial charge >= 0.3 is 5.97 Å². The second-order valence-corrected chi connectivity index (χ2v) is 7.43. The number of carbonyl (C=O) groups excluding carboxylic acids is 2. The summed E-state index contributed by atoms with van der Waals surface area (Å²) >= 11 is 3.30. The molecule has 0 bridgehead atoms. The third-order valence-electron chi connectivity index (χ3n) is 5.16. The van der Waals surface area contributed by atoms with Crippen LogP contribution in [-0.2, 0) is 9.59 Å². The Morgan fingerprint density at radius 1 is 1.29 bits per heavy atom. The molecule has 2 fully saturated rings. The van der Waals surface area contributed by atoms with Gasteiger partial charge in [0.05, 0.1) is 12.0 Å². The fourth-order valence-electron chi connectivity index (χ4n) is 3.80. The van der Waals surface area contributed by atoms with Gasteiger partial charge < -0.3 is 15.3 Å². The number of nitrogens with zero attached hydrogens (tertiary/aromatic N) is 1. The molecular weight excluding hydrogens is 376 g/mol. The average molecular weight is 395 g/mol. The standard InChI is InChI=1S/C17H19BrN2O4/c18-13-5-3-11(4-6-13)15(22)19-8-14(21)20-9-12-2-1-7-17(12,10-20)16(23)24/h3-6,12H,1-2,7-10H2,(H,19,22)(H,23,24)/t12-,17+/m0/s1. The fourth-order valence-corrected chi connectivity index (χ4v) is 4.06. The van der Waals surface area contributed by atoms with Gasteiger partial charge in [-0.2, -0.15) is 0 Å². The maximum Gasteiger partial charge on any atom is 0.311 e. The number of amides is 2. The van der Waals surface area contributed by atoms with Crippen molar-refractivity contribution in [3.8, 4) is 0 Å². The Kier molecular flexibility index (Phi) is 4.62. The Morgan fingerprint density at radius 2 is 2.00 bits per heavy atom. The quantitative estimate of drug-likeness (QED) is 0.816. The van der Waals surface area contributed by atoms with Crippen LogP contribution in [0.2, 0.25) is 0 Å².